The third kappa shape index (κ3) is 3.22. The summed E-state index contributed by atoms with van der Waals surface area (Å²) in [5.41, 5.74) is 0. The Balaban J connectivity index is 2.44. The monoisotopic (exact) mass is 220 g/mol. The van der Waals surface area contributed by atoms with Gasteiger partial charge in [-0.1, -0.05) is 6.92 Å². The lowest BCUT2D eigenvalue weighted by atomic mass is 10.5. The fraction of sp³-hybridized carbons (Fsp3) is 1.00. The fourth-order valence-corrected chi connectivity index (χ4v) is 3.40. The molecule has 1 N–H and O–H groups in total. The highest BCUT2D eigenvalue weighted by Gasteiger charge is 2.35. The Morgan fingerprint density at radius 1 is 1.43 bits per heavy atom. The highest BCUT2D eigenvalue weighted by Crippen LogP contribution is 2.29. The molecule has 0 bridgehead atoms. The Hall–Kier alpha value is -0.130. The highest BCUT2D eigenvalue weighted by atomic mass is 32.2. The van der Waals surface area contributed by atoms with Crippen molar-refractivity contribution >= 4 is 10.0 Å². The van der Waals surface area contributed by atoms with Crippen LogP contribution in [0.3, 0.4) is 0 Å². The molecule has 1 rings (SSSR count). The molecule has 0 aromatic rings. The third-order valence-electron chi connectivity index (χ3n) is 2.45. The molecule has 1 aliphatic rings. The van der Waals surface area contributed by atoms with E-state index in [2.05, 4.69) is 5.32 Å². The van der Waals surface area contributed by atoms with Crippen molar-refractivity contribution in [3.8, 4) is 0 Å². The molecular weight excluding hydrogens is 200 g/mol. The van der Waals surface area contributed by atoms with E-state index in [1.807, 2.05) is 14.0 Å². The molecule has 1 saturated carbocycles. The zero-order valence-corrected chi connectivity index (χ0v) is 9.81. The van der Waals surface area contributed by atoms with E-state index < -0.39 is 10.0 Å². The average Bonchev–Trinajstić information content (AvgIpc) is 2.89. The summed E-state index contributed by atoms with van der Waals surface area (Å²) in [6.07, 6.45) is 2.78. The van der Waals surface area contributed by atoms with Gasteiger partial charge in [-0.05, 0) is 32.9 Å². The highest BCUT2D eigenvalue weighted by molar-refractivity contribution is 7.89. The van der Waals surface area contributed by atoms with E-state index in [0.717, 1.165) is 19.4 Å². The molecule has 1 aliphatic carbocycles. The van der Waals surface area contributed by atoms with Gasteiger partial charge in [-0.3, -0.25) is 0 Å². The van der Waals surface area contributed by atoms with Crippen LogP contribution >= 0.6 is 0 Å². The second-order valence-electron chi connectivity index (χ2n) is 3.71. The van der Waals surface area contributed by atoms with Crippen LogP contribution in [0, 0.1) is 0 Å². The largest absolute Gasteiger partial charge is 0.320 e. The predicted octanol–water partition coefficient (Wildman–Crippen LogP) is 0.410. The Labute approximate surface area is 86.7 Å². The van der Waals surface area contributed by atoms with Crippen molar-refractivity contribution in [2.45, 2.75) is 32.2 Å². The molecule has 0 aromatic carbocycles. The fourth-order valence-electron chi connectivity index (χ4n) is 1.59. The van der Waals surface area contributed by atoms with Crippen molar-refractivity contribution in [1.29, 1.82) is 0 Å². The van der Waals surface area contributed by atoms with Crippen molar-refractivity contribution in [3.63, 3.8) is 0 Å². The summed E-state index contributed by atoms with van der Waals surface area (Å²) < 4.78 is 25.3. The molecule has 5 heteroatoms. The van der Waals surface area contributed by atoms with Crippen molar-refractivity contribution in [1.82, 2.24) is 9.62 Å². The first-order valence-corrected chi connectivity index (χ1v) is 6.87. The summed E-state index contributed by atoms with van der Waals surface area (Å²) in [6.45, 7) is 3.29. The van der Waals surface area contributed by atoms with Gasteiger partial charge in [0.25, 0.3) is 0 Å². The maximum Gasteiger partial charge on any atom is 0.214 e. The molecule has 1 fully saturated rings. The first-order valence-electron chi connectivity index (χ1n) is 5.26. The van der Waals surface area contributed by atoms with Gasteiger partial charge >= 0.3 is 0 Å². The molecule has 4 nitrogen and oxygen atoms in total. The van der Waals surface area contributed by atoms with Gasteiger partial charge in [-0.15, -0.1) is 0 Å². The molecule has 0 atom stereocenters. The molecule has 0 aromatic heterocycles. The number of hydrogen-bond acceptors (Lipinski definition) is 3. The molecule has 0 saturated heterocycles. The van der Waals surface area contributed by atoms with E-state index in [1.165, 1.54) is 0 Å². The van der Waals surface area contributed by atoms with E-state index in [-0.39, 0.29) is 5.75 Å². The Bertz CT molecular complexity index is 260. The van der Waals surface area contributed by atoms with Crippen molar-refractivity contribution in [3.05, 3.63) is 0 Å². The zero-order chi connectivity index (χ0) is 10.6. The van der Waals surface area contributed by atoms with Gasteiger partial charge < -0.3 is 5.32 Å². The van der Waals surface area contributed by atoms with Crippen LogP contribution in [0.2, 0.25) is 0 Å². The van der Waals surface area contributed by atoms with Crippen LogP contribution in [0.5, 0.6) is 0 Å². The van der Waals surface area contributed by atoms with E-state index in [9.17, 15) is 8.42 Å². The second kappa shape index (κ2) is 5.09. The summed E-state index contributed by atoms with van der Waals surface area (Å²) >= 11 is 0. The van der Waals surface area contributed by atoms with Crippen LogP contribution in [0.4, 0.5) is 0 Å². The topological polar surface area (TPSA) is 49.4 Å². The Morgan fingerprint density at radius 3 is 2.50 bits per heavy atom. The maximum absolute atomic E-state index is 11.8. The van der Waals surface area contributed by atoms with Crippen LogP contribution in [0.1, 0.15) is 26.2 Å². The van der Waals surface area contributed by atoms with Gasteiger partial charge in [0, 0.05) is 12.6 Å². The molecule has 0 unspecified atom stereocenters. The molecule has 0 aliphatic heterocycles. The quantitative estimate of drug-likeness (QED) is 0.632. The van der Waals surface area contributed by atoms with Crippen molar-refractivity contribution < 1.29 is 8.42 Å². The molecule has 14 heavy (non-hydrogen) atoms. The lowest BCUT2D eigenvalue weighted by Crippen LogP contribution is -2.35. The summed E-state index contributed by atoms with van der Waals surface area (Å²) in [7, 11) is -1.15. The second-order valence-corrected chi connectivity index (χ2v) is 5.75. The number of sulfonamides is 1. The average molecular weight is 220 g/mol. The smallest absolute Gasteiger partial charge is 0.214 e. The summed E-state index contributed by atoms with van der Waals surface area (Å²) in [5, 5.41) is 2.96. The Kier molecular flexibility index (Phi) is 4.34. The minimum absolute atomic E-state index is 0.276. The van der Waals surface area contributed by atoms with Crippen molar-refractivity contribution in [2.24, 2.45) is 0 Å². The van der Waals surface area contributed by atoms with Crippen molar-refractivity contribution in [2.75, 3.05) is 25.9 Å². The first kappa shape index (κ1) is 11.9. The molecule has 0 heterocycles. The minimum Gasteiger partial charge on any atom is -0.320 e. The molecular formula is C9H20N2O2S. The number of nitrogens with one attached hydrogen (secondary N) is 1. The Morgan fingerprint density at radius 2 is 2.07 bits per heavy atom. The van der Waals surface area contributed by atoms with Crippen LogP contribution in [-0.2, 0) is 10.0 Å². The van der Waals surface area contributed by atoms with Crippen LogP contribution in [-0.4, -0.2) is 44.7 Å². The number of rotatable bonds is 7. The maximum atomic E-state index is 11.8. The lowest BCUT2D eigenvalue weighted by molar-refractivity contribution is 0.420. The van der Waals surface area contributed by atoms with Crippen LogP contribution in [0.15, 0.2) is 0 Å². The minimum atomic E-state index is -2.99. The first-order chi connectivity index (χ1) is 6.61. The SMILES string of the molecule is CCN(C1CC1)S(=O)(=O)CCCNC. The van der Waals surface area contributed by atoms with E-state index in [1.54, 1.807) is 4.31 Å². The van der Waals surface area contributed by atoms with Gasteiger partial charge in [0.2, 0.25) is 10.0 Å². The van der Waals surface area contributed by atoms with Gasteiger partial charge in [0.05, 0.1) is 5.75 Å². The molecule has 0 spiro atoms. The lowest BCUT2D eigenvalue weighted by Gasteiger charge is -2.19. The van der Waals surface area contributed by atoms with Gasteiger partial charge in [0.15, 0.2) is 0 Å². The predicted molar refractivity (Wildman–Crippen MR) is 57.7 cm³/mol. The van der Waals surface area contributed by atoms with E-state index >= 15 is 0 Å². The number of hydrogen-bond donors (Lipinski definition) is 1. The summed E-state index contributed by atoms with van der Waals surface area (Å²) in [4.78, 5) is 0. The standard InChI is InChI=1S/C9H20N2O2S/c1-3-11(9-5-6-9)14(12,13)8-4-7-10-2/h9-10H,3-8H2,1-2H3. The number of nitrogens with zero attached hydrogens (tertiary/aromatic N) is 1. The molecule has 0 radical (unpaired) electrons. The van der Waals surface area contributed by atoms with Gasteiger partial charge in [-0.25, -0.2) is 8.42 Å². The molecule has 84 valence electrons. The van der Waals surface area contributed by atoms with Gasteiger partial charge in [0.1, 0.15) is 0 Å². The van der Waals surface area contributed by atoms with Crippen LogP contribution in [0.25, 0.3) is 0 Å². The molecule has 0 amide bonds. The van der Waals surface area contributed by atoms with E-state index in [4.69, 9.17) is 0 Å². The van der Waals surface area contributed by atoms with Gasteiger partial charge in [-0.2, -0.15) is 4.31 Å². The normalized spacial score (nSPS) is 17.6. The summed E-state index contributed by atoms with van der Waals surface area (Å²) in [6, 6.07) is 0.305. The zero-order valence-electron chi connectivity index (χ0n) is 8.99. The summed E-state index contributed by atoms with van der Waals surface area (Å²) in [5.74, 6) is 0.276. The van der Waals surface area contributed by atoms with E-state index in [0.29, 0.717) is 19.0 Å². The third-order valence-corrected chi connectivity index (χ3v) is 4.53. The van der Waals surface area contributed by atoms with Crippen LogP contribution < -0.4 is 5.32 Å².